The first-order valence-electron chi connectivity index (χ1n) is 7.33. The molecule has 3 aliphatic rings. The summed E-state index contributed by atoms with van der Waals surface area (Å²) in [5, 5.41) is 1.35. The lowest BCUT2D eigenvalue weighted by Crippen LogP contribution is -2.14. The van der Waals surface area contributed by atoms with Crippen LogP contribution >= 0.6 is 51.6 Å². The van der Waals surface area contributed by atoms with E-state index >= 15 is 0 Å². The molecule has 19 heavy (non-hydrogen) atoms. The Labute approximate surface area is 134 Å². The molecule has 3 rings (SSSR count). The molecule has 0 nitrogen and oxygen atoms in total. The van der Waals surface area contributed by atoms with Crippen LogP contribution in [0.5, 0.6) is 0 Å². The van der Waals surface area contributed by atoms with Gasteiger partial charge in [-0.15, -0.1) is 11.8 Å². The summed E-state index contributed by atoms with van der Waals surface area (Å²) in [4.78, 5) is 0. The first-order chi connectivity index (χ1) is 9.07. The Morgan fingerprint density at radius 1 is 0.789 bits per heavy atom. The van der Waals surface area contributed by atoms with E-state index in [2.05, 4.69) is 23.9 Å². The Bertz CT molecular complexity index is 315. The van der Waals surface area contributed by atoms with Gasteiger partial charge in [0.15, 0.2) is 0 Å². The average molecular weight is 359 g/mol. The van der Waals surface area contributed by atoms with Crippen molar-refractivity contribution in [2.45, 2.75) is 36.2 Å². The van der Waals surface area contributed by atoms with Crippen LogP contribution in [0, 0.1) is 0 Å². The van der Waals surface area contributed by atoms with Crippen molar-refractivity contribution >= 4 is 51.6 Å². The number of hydrogen-bond acceptors (Lipinski definition) is 1. The van der Waals surface area contributed by atoms with Crippen molar-refractivity contribution < 1.29 is 0 Å². The van der Waals surface area contributed by atoms with Crippen molar-refractivity contribution in [2.75, 3.05) is 34.5 Å². The molecule has 0 aromatic rings. The molecule has 0 amide bonds. The molecule has 2 saturated heterocycles. The van der Waals surface area contributed by atoms with Gasteiger partial charge in [-0.1, -0.05) is 33.5 Å². The number of hydrogen-bond donors (Lipinski definition) is 0. The van der Waals surface area contributed by atoms with Crippen LogP contribution < -0.4 is 0 Å². The molecule has 2 fully saturated rings. The van der Waals surface area contributed by atoms with E-state index < -0.39 is 18.5 Å². The van der Waals surface area contributed by atoms with E-state index in [1.165, 1.54) is 60.2 Å². The van der Waals surface area contributed by atoms with Gasteiger partial charge in [0.1, 0.15) is 0 Å². The van der Waals surface area contributed by atoms with Crippen molar-refractivity contribution in [2.24, 2.45) is 0 Å². The minimum Gasteiger partial charge on any atom is -0.162 e. The predicted molar refractivity (Wildman–Crippen MR) is 98.9 cm³/mol. The predicted octanol–water partition coefficient (Wildman–Crippen LogP) is 5.53. The van der Waals surface area contributed by atoms with Crippen molar-refractivity contribution in [1.82, 2.24) is 0 Å². The van der Waals surface area contributed by atoms with Crippen LogP contribution in [0.15, 0.2) is 12.2 Å². The third kappa shape index (κ3) is 3.97. The maximum absolute atomic E-state index is 6.81. The second kappa shape index (κ2) is 6.24. The average Bonchev–Trinajstić information content (AvgIpc) is 3.04. The molecule has 112 valence electrons. The monoisotopic (exact) mass is 358 g/mol. The summed E-state index contributed by atoms with van der Waals surface area (Å²) < 4.78 is 0. The van der Waals surface area contributed by atoms with Crippen LogP contribution in [-0.2, 0) is 0 Å². The Kier molecular flexibility index (Phi) is 5.01. The van der Waals surface area contributed by atoms with Crippen molar-refractivity contribution in [1.29, 1.82) is 0 Å². The summed E-state index contributed by atoms with van der Waals surface area (Å²) in [6.07, 6.45) is 10.3. The van der Waals surface area contributed by atoms with Crippen LogP contribution in [0.25, 0.3) is 0 Å². The minimum atomic E-state index is -0.779. The zero-order valence-electron chi connectivity index (χ0n) is 11.4. The van der Waals surface area contributed by atoms with E-state index in [0.717, 1.165) is 0 Å². The van der Waals surface area contributed by atoms with Crippen LogP contribution in [0.2, 0.25) is 0 Å². The standard InChI is InChI=1S/C14H24Cl2S3/c15-18(7-1-2-8-18)11-13-5-6-14(17-13)12-19(16)9-3-4-10-19/h5-6,13-14H,1-4,7-12H2. The van der Waals surface area contributed by atoms with Gasteiger partial charge >= 0.3 is 0 Å². The van der Waals surface area contributed by atoms with Gasteiger partial charge in [-0.25, -0.2) is 0 Å². The summed E-state index contributed by atoms with van der Waals surface area (Å²) in [5.74, 6) is 7.70. The summed E-state index contributed by atoms with van der Waals surface area (Å²) >= 11 is 2.14. The highest BCUT2D eigenvalue weighted by atomic mass is 35.7. The zero-order chi connectivity index (χ0) is 13.3. The summed E-state index contributed by atoms with van der Waals surface area (Å²) in [6, 6.07) is 0. The molecule has 0 N–H and O–H groups in total. The fraction of sp³-hybridized carbons (Fsp3) is 0.857. The molecule has 0 aromatic heterocycles. The van der Waals surface area contributed by atoms with Gasteiger partial charge in [0, 0.05) is 22.0 Å². The van der Waals surface area contributed by atoms with E-state index in [1.807, 2.05) is 0 Å². The zero-order valence-corrected chi connectivity index (χ0v) is 15.3. The molecular weight excluding hydrogens is 335 g/mol. The van der Waals surface area contributed by atoms with Gasteiger partial charge in [0.05, 0.1) is 0 Å². The fourth-order valence-corrected chi connectivity index (χ4v) is 14.3. The molecule has 0 saturated carbocycles. The largest absolute Gasteiger partial charge is 0.162 e. The van der Waals surface area contributed by atoms with Gasteiger partial charge in [0.2, 0.25) is 0 Å². The maximum atomic E-state index is 6.81. The third-order valence-electron chi connectivity index (χ3n) is 4.36. The summed E-state index contributed by atoms with van der Waals surface area (Å²) in [7, 11) is 12.1. The smallest absolute Gasteiger partial charge is 0.0320 e. The third-order valence-corrected chi connectivity index (χ3v) is 14.7. The molecule has 0 spiro atoms. The first kappa shape index (κ1) is 15.3. The van der Waals surface area contributed by atoms with Crippen LogP contribution in [-0.4, -0.2) is 45.0 Å². The molecule has 0 radical (unpaired) electrons. The molecule has 5 heteroatoms. The van der Waals surface area contributed by atoms with E-state index in [0.29, 0.717) is 10.5 Å². The Balaban J connectivity index is 1.49. The number of halogens is 2. The lowest BCUT2D eigenvalue weighted by atomic mass is 10.3. The van der Waals surface area contributed by atoms with Crippen LogP contribution in [0.4, 0.5) is 0 Å². The molecule has 0 aromatic carbocycles. The maximum Gasteiger partial charge on any atom is 0.0320 e. The van der Waals surface area contributed by atoms with Crippen molar-refractivity contribution in [3.05, 3.63) is 12.2 Å². The molecule has 0 bridgehead atoms. The van der Waals surface area contributed by atoms with Crippen molar-refractivity contribution in [3.8, 4) is 0 Å². The van der Waals surface area contributed by atoms with E-state index in [-0.39, 0.29) is 0 Å². The number of rotatable bonds is 4. The van der Waals surface area contributed by atoms with Gasteiger partial charge in [-0.3, -0.25) is 0 Å². The molecular formula is C14H24Cl2S3. The first-order valence-corrected chi connectivity index (χ1v) is 14.2. The van der Waals surface area contributed by atoms with Crippen LogP contribution in [0.3, 0.4) is 0 Å². The molecule has 3 aliphatic heterocycles. The van der Waals surface area contributed by atoms with Gasteiger partial charge < -0.3 is 0 Å². The Morgan fingerprint density at radius 3 is 1.53 bits per heavy atom. The van der Waals surface area contributed by atoms with Gasteiger partial charge in [-0.05, 0) is 48.7 Å². The second-order valence-electron chi connectivity index (χ2n) is 6.04. The highest BCUT2D eigenvalue weighted by Gasteiger charge is 2.34. The highest BCUT2D eigenvalue weighted by molar-refractivity contribution is 8.51. The Hall–Kier alpha value is 1.37. The second-order valence-corrected chi connectivity index (χ2v) is 17.5. The molecule has 0 aliphatic carbocycles. The number of thioether (sulfide) groups is 1. The normalized spacial score (nSPS) is 39.5. The summed E-state index contributed by atoms with van der Waals surface area (Å²) in [6.45, 7) is 0. The molecule has 2 unspecified atom stereocenters. The van der Waals surface area contributed by atoms with E-state index in [4.69, 9.17) is 21.4 Å². The van der Waals surface area contributed by atoms with Gasteiger partial charge in [-0.2, -0.15) is 18.5 Å². The van der Waals surface area contributed by atoms with E-state index in [1.54, 1.807) is 0 Å². The lowest BCUT2D eigenvalue weighted by Gasteiger charge is -2.32. The Morgan fingerprint density at radius 2 is 1.16 bits per heavy atom. The van der Waals surface area contributed by atoms with Crippen LogP contribution in [0.1, 0.15) is 25.7 Å². The van der Waals surface area contributed by atoms with Gasteiger partial charge in [0.25, 0.3) is 0 Å². The topological polar surface area (TPSA) is 0 Å². The fourth-order valence-electron chi connectivity index (χ4n) is 3.32. The minimum absolute atomic E-state index is 0.677. The molecule has 2 atom stereocenters. The molecule has 3 heterocycles. The summed E-state index contributed by atoms with van der Waals surface area (Å²) in [5.41, 5.74) is 0. The lowest BCUT2D eigenvalue weighted by molar-refractivity contribution is 0.949. The highest BCUT2D eigenvalue weighted by Crippen LogP contribution is 2.62. The van der Waals surface area contributed by atoms with Crippen molar-refractivity contribution in [3.63, 3.8) is 0 Å². The quantitative estimate of drug-likeness (QED) is 0.595. The SMILES string of the molecule is ClS1(CC2C=CC(CS3(Cl)CCCC3)S2)CCCC1. The van der Waals surface area contributed by atoms with E-state index in [9.17, 15) is 0 Å².